The van der Waals surface area contributed by atoms with Gasteiger partial charge in [-0.25, -0.2) is 4.79 Å². The molecule has 2 aromatic rings. The van der Waals surface area contributed by atoms with Crippen molar-refractivity contribution in [1.29, 1.82) is 0 Å². The lowest BCUT2D eigenvalue weighted by atomic mass is 9.81. The summed E-state index contributed by atoms with van der Waals surface area (Å²) in [7, 11) is -1.53. The molecule has 1 fully saturated rings. The van der Waals surface area contributed by atoms with E-state index in [9.17, 15) is 27.3 Å². The van der Waals surface area contributed by atoms with Gasteiger partial charge in [-0.2, -0.15) is 4.58 Å². The van der Waals surface area contributed by atoms with Crippen LogP contribution in [-0.2, 0) is 30.1 Å². The maximum atomic E-state index is 12.2. The Balaban J connectivity index is 0.00000118. The average Bonchev–Trinajstić information content (AvgIpc) is 3.52. The molecule has 3 aliphatic rings. The third-order valence-electron chi connectivity index (χ3n) is 8.93. The van der Waals surface area contributed by atoms with Crippen LogP contribution in [0.5, 0.6) is 0 Å². The third kappa shape index (κ3) is 8.32. The standard InChI is InChI=1S/C36H42N3O4.BF3.FH/c1-35(2)26-16-11-13-18-28(26)37(5)30(35)20-8-6-9-21-31-36(3,4)27-17-12-14-19-29(27)38(31)25-15-7-10-22-34(42)43-39-32(40)23-24-33(39)41;2-1(3)4;/h6,8-9,11-14,16-21H,7,10,15,22-25H2,1-5H3;;1H/q+1;;/p-1. The molecule has 0 spiro atoms. The Hall–Kier alpha value is -4.48. The van der Waals surface area contributed by atoms with E-state index >= 15 is 0 Å². The summed E-state index contributed by atoms with van der Waals surface area (Å²) in [5.74, 6) is -1.43. The second-order valence-electron chi connectivity index (χ2n) is 12.8. The second-order valence-corrected chi connectivity index (χ2v) is 12.8. The molecule has 0 aliphatic carbocycles. The lowest BCUT2D eigenvalue weighted by molar-refractivity contribution is -0.401. The van der Waals surface area contributed by atoms with Crippen LogP contribution in [0, 0.1) is 0 Å². The zero-order chi connectivity index (χ0) is 34.4. The molecule has 5 rings (SSSR count). The van der Waals surface area contributed by atoms with E-state index in [4.69, 9.17) is 4.84 Å². The maximum Gasteiger partial charge on any atom is 0.762 e. The van der Waals surface area contributed by atoms with Crippen LogP contribution in [0.2, 0.25) is 0 Å². The fourth-order valence-corrected chi connectivity index (χ4v) is 6.56. The number of anilines is 1. The van der Waals surface area contributed by atoms with Gasteiger partial charge < -0.3 is 14.4 Å². The first kappa shape index (κ1) is 38.0. The van der Waals surface area contributed by atoms with Gasteiger partial charge in [0.2, 0.25) is 5.69 Å². The number of hydrogen-bond acceptors (Lipinski definition) is 5. The fourth-order valence-electron chi connectivity index (χ4n) is 6.56. The number of fused-ring (bicyclic) bond motifs is 2. The monoisotopic (exact) mass is 667 g/mol. The number of carbonyl (C=O) groups excluding carboxylic acids is 3. The second kappa shape index (κ2) is 16.1. The molecule has 1 saturated heterocycles. The van der Waals surface area contributed by atoms with Crippen molar-refractivity contribution < 1.29 is 41.4 Å². The number of amides is 2. The van der Waals surface area contributed by atoms with Crippen LogP contribution in [0.3, 0.4) is 0 Å². The summed E-state index contributed by atoms with van der Waals surface area (Å²) in [5.41, 5.74) is 7.43. The molecule has 3 heterocycles. The third-order valence-corrected chi connectivity index (χ3v) is 8.93. The zero-order valence-electron chi connectivity index (χ0n) is 28.0. The minimum absolute atomic E-state index is 0. The summed E-state index contributed by atoms with van der Waals surface area (Å²) in [6, 6.07) is 17.1. The van der Waals surface area contributed by atoms with Crippen molar-refractivity contribution in [3.8, 4) is 0 Å². The van der Waals surface area contributed by atoms with Gasteiger partial charge >= 0.3 is 13.5 Å². The number of nitrogens with zero attached hydrogens (tertiary/aromatic N) is 3. The zero-order valence-corrected chi connectivity index (χ0v) is 28.0. The summed E-state index contributed by atoms with van der Waals surface area (Å²) in [5, 5.41) is 0.621. The van der Waals surface area contributed by atoms with Gasteiger partial charge in [0.1, 0.15) is 7.05 Å². The van der Waals surface area contributed by atoms with Crippen molar-refractivity contribution in [2.45, 2.75) is 77.0 Å². The number of para-hydroxylation sites is 2. The van der Waals surface area contributed by atoms with Gasteiger partial charge in [-0.3, -0.25) is 22.5 Å². The number of carbonyl (C=O) groups is 3. The lowest BCUT2D eigenvalue weighted by Gasteiger charge is -2.27. The van der Waals surface area contributed by atoms with Crippen molar-refractivity contribution >= 4 is 42.4 Å². The van der Waals surface area contributed by atoms with Gasteiger partial charge in [-0.05, 0) is 44.4 Å². The highest BCUT2D eigenvalue weighted by atomic mass is 19.4. The average molecular weight is 668 g/mol. The van der Waals surface area contributed by atoms with E-state index in [0.717, 1.165) is 19.4 Å². The van der Waals surface area contributed by atoms with Crippen LogP contribution in [0.4, 0.5) is 24.3 Å². The normalized spacial score (nSPS) is 18.3. The van der Waals surface area contributed by atoms with Crippen LogP contribution < -0.4 is 9.60 Å². The van der Waals surface area contributed by atoms with E-state index in [0.29, 0.717) is 11.5 Å². The van der Waals surface area contributed by atoms with Crippen molar-refractivity contribution in [3.63, 3.8) is 0 Å². The van der Waals surface area contributed by atoms with Crippen molar-refractivity contribution in [1.82, 2.24) is 5.06 Å². The molecule has 2 aromatic carbocycles. The van der Waals surface area contributed by atoms with Crippen molar-refractivity contribution in [2.75, 3.05) is 18.5 Å². The molecule has 256 valence electrons. The Morgan fingerprint density at radius 3 is 2.12 bits per heavy atom. The van der Waals surface area contributed by atoms with Crippen LogP contribution in [0.25, 0.3) is 0 Å². The molecule has 12 heteroatoms. The van der Waals surface area contributed by atoms with Gasteiger partial charge in [0.25, 0.3) is 11.8 Å². The molecule has 7 nitrogen and oxygen atoms in total. The number of benzene rings is 2. The molecular formula is C36H42BF4N3O4. The van der Waals surface area contributed by atoms with Crippen molar-refractivity contribution in [3.05, 3.63) is 95.7 Å². The molecule has 0 radical (unpaired) electrons. The van der Waals surface area contributed by atoms with Gasteiger partial charge in [0, 0.05) is 60.3 Å². The molecule has 0 unspecified atom stereocenters. The summed E-state index contributed by atoms with van der Waals surface area (Å²) < 4.78 is 31.3. The first-order chi connectivity index (χ1) is 22.3. The lowest BCUT2D eigenvalue weighted by Crippen LogP contribution is -3.00. The molecule has 2 amide bonds. The Morgan fingerprint density at radius 2 is 1.48 bits per heavy atom. The SMILES string of the molecule is C[N+]1=C(C=CC=CC=C2N(CCCCCC(=O)ON3C(=O)CCC3=O)c3ccccc3C2(C)C)C(C)(C)c2ccccc21.FB(F)F.[F-]. The van der Waals surface area contributed by atoms with Crippen LogP contribution in [0.15, 0.2) is 84.6 Å². The minimum atomic E-state index is -3.67. The van der Waals surface area contributed by atoms with E-state index in [1.165, 1.54) is 33.9 Å². The predicted octanol–water partition coefficient (Wildman–Crippen LogP) is 4.54. The summed E-state index contributed by atoms with van der Waals surface area (Å²) >= 11 is 0. The van der Waals surface area contributed by atoms with E-state index in [2.05, 4.69) is 123 Å². The topological polar surface area (TPSA) is 69.9 Å². The summed E-state index contributed by atoms with van der Waals surface area (Å²) in [6.07, 6.45) is 13.5. The van der Waals surface area contributed by atoms with Gasteiger partial charge in [0.15, 0.2) is 5.71 Å². The van der Waals surface area contributed by atoms with E-state index in [1.807, 2.05) is 0 Å². The highest BCUT2D eigenvalue weighted by Crippen LogP contribution is 2.47. The highest BCUT2D eigenvalue weighted by molar-refractivity contribution is 6.33. The number of unbranched alkanes of at least 4 members (excludes halogenated alkanes) is 2. The van der Waals surface area contributed by atoms with E-state index in [1.54, 1.807) is 0 Å². The number of allylic oxidation sites excluding steroid dienone is 6. The fraction of sp³-hybridized carbons (Fsp3) is 0.389. The molecule has 0 aromatic heterocycles. The summed E-state index contributed by atoms with van der Waals surface area (Å²) in [4.78, 5) is 42.9. The van der Waals surface area contributed by atoms with Gasteiger partial charge in [-0.15, -0.1) is 5.06 Å². The smallest absolute Gasteiger partial charge is 0.762 e. The van der Waals surface area contributed by atoms with Crippen LogP contribution in [0.1, 0.15) is 77.3 Å². The maximum absolute atomic E-state index is 12.2. The number of rotatable bonds is 10. The molecule has 0 N–H and O–H groups in total. The molecular weight excluding hydrogens is 625 g/mol. The molecule has 3 aliphatic heterocycles. The quantitative estimate of drug-likeness (QED) is 0.0931. The Kier molecular flexibility index (Phi) is 12.7. The minimum Gasteiger partial charge on any atom is -1.00 e. The van der Waals surface area contributed by atoms with Gasteiger partial charge in [-0.1, -0.05) is 74.9 Å². The molecule has 0 saturated carbocycles. The summed E-state index contributed by atoms with van der Waals surface area (Å²) in [6.45, 7) is 9.90. The number of halogens is 4. The number of hydroxylamine groups is 2. The Bertz CT molecular complexity index is 1620. The molecule has 0 bridgehead atoms. The van der Waals surface area contributed by atoms with Crippen LogP contribution in [-0.4, -0.2) is 54.3 Å². The number of imide groups is 1. The van der Waals surface area contributed by atoms with Gasteiger partial charge in [0.05, 0.1) is 5.41 Å². The van der Waals surface area contributed by atoms with Crippen LogP contribution >= 0.6 is 0 Å². The molecule has 0 atom stereocenters. The Morgan fingerprint density at radius 1 is 0.875 bits per heavy atom. The molecule has 48 heavy (non-hydrogen) atoms. The largest absolute Gasteiger partial charge is 1.00 e. The number of hydrogen-bond donors (Lipinski definition) is 0. The first-order valence-corrected chi connectivity index (χ1v) is 15.9. The highest BCUT2D eigenvalue weighted by Gasteiger charge is 2.42. The van der Waals surface area contributed by atoms with E-state index in [-0.39, 0.29) is 34.8 Å². The van der Waals surface area contributed by atoms with Crippen molar-refractivity contribution in [2.24, 2.45) is 0 Å². The van der Waals surface area contributed by atoms with E-state index < -0.39 is 25.3 Å². The first-order valence-electron chi connectivity index (χ1n) is 15.9. The predicted molar refractivity (Wildman–Crippen MR) is 178 cm³/mol. The Labute approximate surface area is 280 Å².